The first-order chi connectivity index (χ1) is 10.4. The Bertz CT molecular complexity index is 776. The Morgan fingerprint density at radius 2 is 1.82 bits per heavy atom. The zero-order valence-electron chi connectivity index (χ0n) is 11.0. The molecular formula is C14H10ClN2O5+. The molecule has 0 fully saturated rings. The Hall–Kier alpha value is -2.93. The van der Waals surface area contributed by atoms with Gasteiger partial charge in [-0.2, -0.15) is 0 Å². The van der Waals surface area contributed by atoms with E-state index in [-0.39, 0.29) is 27.5 Å². The SMILES string of the molecule is O=C(Nc1ccccc1C(=O)O)c1ccc(Cl)c([N+](=O)O)c1. The smallest absolute Gasteiger partial charge is 0.337 e. The lowest BCUT2D eigenvalue weighted by Gasteiger charge is -2.08. The third kappa shape index (κ3) is 3.21. The Balaban J connectivity index is 2.33. The quantitative estimate of drug-likeness (QED) is 0.750. The molecule has 2 aromatic carbocycles. The molecule has 112 valence electrons. The molecule has 0 aromatic heterocycles. The van der Waals surface area contributed by atoms with Crippen molar-refractivity contribution in [2.24, 2.45) is 0 Å². The third-order valence-electron chi connectivity index (χ3n) is 2.82. The van der Waals surface area contributed by atoms with E-state index in [1.807, 2.05) is 0 Å². The molecule has 3 N–H and O–H groups in total. The molecule has 2 rings (SSSR count). The zero-order valence-corrected chi connectivity index (χ0v) is 11.7. The van der Waals surface area contributed by atoms with Gasteiger partial charge in [0.25, 0.3) is 10.8 Å². The fourth-order valence-corrected chi connectivity index (χ4v) is 1.96. The number of carbonyl (C=O) groups excluding carboxylic acids is 1. The molecule has 8 heteroatoms. The maximum atomic E-state index is 12.1. The van der Waals surface area contributed by atoms with Crippen LogP contribution in [0.4, 0.5) is 11.4 Å². The van der Waals surface area contributed by atoms with Gasteiger partial charge in [-0.25, -0.2) is 10.0 Å². The summed E-state index contributed by atoms with van der Waals surface area (Å²) in [5, 5.41) is 20.4. The number of nitrogens with one attached hydrogen (secondary N) is 1. The number of aromatic carboxylic acids is 1. The Morgan fingerprint density at radius 3 is 2.45 bits per heavy atom. The summed E-state index contributed by atoms with van der Waals surface area (Å²) in [6.45, 7) is 0. The molecule has 0 aliphatic rings. The van der Waals surface area contributed by atoms with Crippen molar-refractivity contribution in [1.82, 2.24) is 0 Å². The highest BCUT2D eigenvalue weighted by molar-refractivity contribution is 6.32. The molecule has 0 saturated heterocycles. The highest BCUT2D eigenvalue weighted by Crippen LogP contribution is 2.25. The van der Waals surface area contributed by atoms with E-state index >= 15 is 0 Å². The highest BCUT2D eigenvalue weighted by Gasteiger charge is 2.21. The van der Waals surface area contributed by atoms with Crippen LogP contribution in [-0.2, 0) is 0 Å². The predicted molar refractivity (Wildman–Crippen MR) is 77.9 cm³/mol. The van der Waals surface area contributed by atoms with Gasteiger partial charge in [0.2, 0.25) is 0 Å². The van der Waals surface area contributed by atoms with E-state index < -0.39 is 16.8 Å². The number of para-hydroxylation sites is 1. The van der Waals surface area contributed by atoms with Crippen LogP contribution in [0.3, 0.4) is 0 Å². The average molecular weight is 322 g/mol. The van der Waals surface area contributed by atoms with Crippen molar-refractivity contribution in [3.8, 4) is 0 Å². The molecule has 0 saturated carbocycles. The summed E-state index contributed by atoms with van der Waals surface area (Å²) in [4.78, 5) is 33.7. The number of carboxylic acid groups (broad SMARTS) is 1. The molecule has 0 spiro atoms. The van der Waals surface area contributed by atoms with Crippen LogP contribution in [0.25, 0.3) is 0 Å². The van der Waals surface area contributed by atoms with Crippen molar-refractivity contribution in [2.45, 2.75) is 0 Å². The fraction of sp³-hybridized carbons (Fsp3) is 0. The second-order valence-corrected chi connectivity index (χ2v) is 4.65. The standard InChI is InChI=1S/C14H9ClN2O5/c15-10-6-5-8(7-12(10)17(21)22)13(18)16-11-4-2-1-3-9(11)14(19)20/h1-7H,(H2-,16,18,19,20,21,22)/p+1. The molecule has 7 nitrogen and oxygen atoms in total. The second-order valence-electron chi connectivity index (χ2n) is 4.24. The first-order valence-electron chi connectivity index (χ1n) is 5.99. The molecule has 0 heterocycles. The van der Waals surface area contributed by atoms with Crippen LogP contribution >= 0.6 is 11.6 Å². The number of halogens is 1. The number of anilines is 1. The topological polar surface area (TPSA) is 107 Å². The maximum absolute atomic E-state index is 12.1. The number of hydrogen-bond acceptors (Lipinski definition) is 3. The molecular weight excluding hydrogens is 312 g/mol. The molecule has 1 amide bonds. The number of amides is 1. The number of benzene rings is 2. The van der Waals surface area contributed by atoms with Gasteiger partial charge in [-0.3, -0.25) is 4.79 Å². The van der Waals surface area contributed by atoms with E-state index in [2.05, 4.69) is 5.32 Å². The van der Waals surface area contributed by atoms with Crippen LogP contribution in [0, 0.1) is 4.91 Å². The lowest BCUT2D eigenvalue weighted by molar-refractivity contribution is -0.729. The maximum Gasteiger partial charge on any atom is 0.337 e. The van der Waals surface area contributed by atoms with Crippen molar-refractivity contribution < 1.29 is 24.8 Å². The Labute approximate surface area is 129 Å². The van der Waals surface area contributed by atoms with Gasteiger partial charge in [0.1, 0.15) is 5.02 Å². The molecule has 0 bridgehead atoms. The van der Waals surface area contributed by atoms with Crippen LogP contribution in [-0.4, -0.2) is 27.1 Å². The van der Waals surface area contributed by atoms with E-state index in [1.165, 1.54) is 30.3 Å². The zero-order chi connectivity index (χ0) is 16.3. The van der Waals surface area contributed by atoms with Crippen molar-refractivity contribution in [3.63, 3.8) is 0 Å². The first kappa shape index (κ1) is 15.5. The fourth-order valence-electron chi connectivity index (χ4n) is 1.77. The van der Waals surface area contributed by atoms with Crippen molar-refractivity contribution >= 4 is 34.9 Å². The molecule has 2 aromatic rings. The number of carbonyl (C=O) groups is 2. The van der Waals surface area contributed by atoms with E-state index in [0.717, 1.165) is 6.07 Å². The largest absolute Gasteiger partial charge is 0.478 e. The highest BCUT2D eigenvalue weighted by atomic mass is 35.5. The van der Waals surface area contributed by atoms with E-state index in [9.17, 15) is 14.5 Å². The number of rotatable bonds is 4. The summed E-state index contributed by atoms with van der Waals surface area (Å²) >= 11 is 5.71. The van der Waals surface area contributed by atoms with Crippen molar-refractivity contribution in [2.75, 3.05) is 5.32 Å². The summed E-state index contributed by atoms with van der Waals surface area (Å²) in [5.74, 6) is -1.83. The van der Waals surface area contributed by atoms with Gasteiger partial charge in [-0.15, -0.1) is 0 Å². The summed E-state index contributed by atoms with van der Waals surface area (Å²) in [7, 11) is 0. The summed E-state index contributed by atoms with van der Waals surface area (Å²) in [6.07, 6.45) is 0. The summed E-state index contributed by atoms with van der Waals surface area (Å²) < 4.78 is 0. The lowest BCUT2D eigenvalue weighted by Crippen LogP contribution is -2.15. The van der Waals surface area contributed by atoms with Gasteiger partial charge in [0.05, 0.1) is 16.2 Å². The Morgan fingerprint density at radius 1 is 1.14 bits per heavy atom. The van der Waals surface area contributed by atoms with Gasteiger partial charge in [0.15, 0.2) is 0 Å². The Kier molecular flexibility index (Phi) is 4.38. The van der Waals surface area contributed by atoms with Gasteiger partial charge in [-0.1, -0.05) is 23.7 Å². The molecule has 0 atom stereocenters. The van der Waals surface area contributed by atoms with Gasteiger partial charge in [0, 0.05) is 11.6 Å². The van der Waals surface area contributed by atoms with Crippen LogP contribution in [0.5, 0.6) is 0 Å². The third-order valence-corrected chi connectivity index (χ3v) is 3.14. The van der Waals surface area contributed by atoms with Crippen LogP contribution < -0.4 is 5.32 Å². The summed E-state index contributed by atoms with van der Waals surface area (Å²) in [5.41, 5.74) is -0.215. The van der Waals surface area contributed by atoms with E-state index in [4.69, 9.17) is 21.9 Å². The predicted octanol–water partition coefficient (Wildman–Crippen LogP) is 3.09. The summed E-state index contributed by atoms with van der Waals surface area (Å²) in [6, 6.07) is 9.59. The molecule has 0 unspecified atom stereocenters. The van der Waals surface area contributed by atoms with Gasteiger partial charge in [-0.05, 0) is 24.3 Å². The molecule has 0 aliphatic carbocycles. The molecule has 22 heavy (non-hydrogen) atoms. The number of hydrogen-bond donors (Lipinski definition) is 3. The van der Waals surface area contributed by atoms with E-state index in [0.29, 0.717) is 0 Å². The van der Waals surface area contributed by atoms with Gasteiger partial charge < -0.3 is 10.4 Å². The van der Waals surface area contributed by atoms with Crippen LogP contribution in [0.2, 0.25) is 5.02 Å². The van der Waals surface area contributed by atoms with Crippen molar-refractivity contribution in [1.29, 1.82) is 0 Å². The monoisotopic (exact) mass is 321 g/mol. The van der Waals surface area contributed by atoms with E-state index in [1.54, 1.807) is 6.07 Å². The van der Waals surface area contributed by atoms with Crippen LogP contribution in [0.1, 0.15) is 20.7 Å². The molecule has 0 aliphatic heterocycles. The van der Waals surface area contributed by atoms with Crippen molar-refractivity contribution in [3.05, 3.63) is 63.5 Å². The average Bonchev–Trinajstić information content (AvgIpc) is 2.47. The minimum absolute atomic E-state index is 0.0278. The minimum Gasteiger partial charge on any atom is -0.478 e. The lowest BCUT2D eigenvalue weighted by atomic mass is 10.1. The number of nitrogens with zero attached hydrogens (tertiary/aromatic N) is 1. The minimum atomic E-state index is -1.19. The van der Waals surface area contributed by atoms with Crippen LogP contribution in [0.15, 0.2) is 42.5 Å². The number of carboxylic acids is 1. The molecule has 0 radical (unpaired) electrons. The normalized spacial score (nSPS) is 10.0. The first-order valence-corrected chi connectivity index (χ1v) is 6.37. The van der Waals surface area contributed by atoms with Gasteiger partial charge >= 0.3 is 11.7 Å². The second kappa shape index (κ2) is 6.23.